The molecule has 4 nitrogen and oxygen atoms in total. The lowest BCUT2D eigenvalue weighted by Gasteiger charge is -2.26. The van der Waals surface area contributed by atoms with E-state index in [1.807, 2.05) is 54.3 Å². The Morgan fingerprint density at radius 2 is 2.00 bits per heavy atom. The fourth-order valence-electron chi connectivity index (χ4n) is 3.02. The van der Waals surface area contributed by atoms with Crippen LogP contribution in [0.1, 0.15) is 40.5 Å². The molecule has 1 amide bonds. The van der Waals surface area contributed by atoms with E-state index < -0.39 is 0 Å². The summed E-state index contributed by atoms with van der Waals surface area (Å²) in [6.45, 7) is 2.75. The fourth-order valence-corrected chi connectivity index (χ4v) is 3.02. The van der Waals surface area contributed by atoms with Crippen LogP contribution in [-0.4, -0.2) is 22.3 Å². The van der Waals surface area contributed by atoms with Crippen LogP contribution in [0.25, 0.3) is 0 Å². The molecule has 0 spiro atoms. The first-order chi connectivity index (χ1) is 10.2. The SMILES string of the molecule is Cc1nc(N)ccc1[C@@H]1CCCN1C(=O)c1ccccc1. The van der Waals surface area contributed by atoms with Gasteiger partial charge in [-0.3, -0.25) is 4.79 Å². The quantitative estimate of drug-likeness (QED) is 0.920. The number of nitrogens with zero attached hydrogens (tertiary/aromatic N) is 2. The zero-order valence-electron chi connectivity index (χ0n) is 12.1. The van der Waals surface area contributed by atoms with Gasteiger partial charge in [-0.15, -0.1) is 0 Å². The molecule has 0 radical (unpaired) electrons. The van der Waals surface area contributed by atoms with Crippen molar-refractivity contribution in [1.29, 1.82) is 0 Å². The molecule has 1 atom stereocenters. The first-order valence-corrected chi connectivity index (χ1v) is 7.26. The van der Waals surface area contributed by atoms with Gasteiger partial charge in [0, 0.05) is 17.8 Å². The van der Waals surface area contributed by atoms with Crippen LogP contribution in [0.4, 0.5) is 5.82 Å². The molecule has 1 aromatic carbocycles. The molecule has 0 bridgehead atoms. The number of nitrogen functional groups attached to an aromatic ring is 1. The van der Waals surface area contributed by atoms with Crippen LogP contribution in [-0.2, 0) is 0 Å². The molecule has 1 fully saturated rings. The highest BCUT2D eigenvalue weighted by atomic mass is 16.2. The molecule has 1 aliphatic rings. The Hall–Kier alpha value is -2.36. The molecule has 1 aromatic heterocycles. The summed E-state index contributed by atoms with van der Waals surface area (Å²) in [5.74, 6) is 0.615. The topological polar surface area (TPSA) is 59.2 Å². The van der Waals surface area contributed by atoms with Gasteiger partial charge in [0.05, 0.1) is 6.04 Å². The number of carbonyl (C=O) groups is 1. The third-order valence-electron chi connectivity index (χ3n) is 4.04. The Bertz CT molecular complexity index is 654. The maximum atomic E-state index is 12.7. The Balaban J connectivity index is 1.91. The Labute approximate surface area is 124 Å². The van der Waals surface area contributed by atoms with Crippen molar-refractivity contribution in [3.8, 4) is 0 Å². The van der Waals surface area contributed by atoms with E-state index in [1.54, 1.807) is 0 Å². The summed E-state index contributed by atoms with van der Waals surface area (Å²) in [5, 5.41) is 0. The maximum Gasteiger partial charge on any atom is 0.254 e. The number of hydrogen-bond donors (Lipinski definition) is 1. The molecule has 0 aliphatic carbocycles. The van der Waals surface area contributed by atoms with Crippen molar-refractivity contribution in [3.63, 3.8) is 0 Å². The highest BCUT2D eigenvalue weighted by Gasteiger charge is 2.31. The molecule has 3 rings (SSSR count). The van der Waals surface area contributed by atoms with Gasteiger partial charge in [0.2, 0.25) is 0 Å². The molecule has 2 aromatic rings. The molecular formula is C17H19N3O. The van der Waals surface area contributed by atoms with Crippen LogP contribution in [0.3, 0.4) is 0 Å². The van der Waals surface area contributed by atoms with E-state index in [0.717, 1.165) is 36.2 Å². The number of benzene rings is 1. The van der Waals surface area contributed by atoms with Gasteiger partial charge in [-0.1, -0.05) is 24.3 Å². The largest absolute Gasteiger partial charge is 0.384 e. The van der Waals surface area contributed by atoms with Crippen LogP contribution < -0.4 is 5.73 Å². The zero-order valence-corrected chi connectivity index (χ0v) is 12.1. The number of aryl methyl sites for hydroxylation is 1. The Kier molecular flexibility index (Phi) is 3.60. The maximum absolute atomic E-state index is 12.7. The first-order valence-electron chi connectivity index (χ1n) is 7.26. The number of carbonyl (C=O) groups excluding carboxylic acids is 1. The summed E-state index contributed by atoms with van der Waals surface area (Å²) in [7, 11) is 0. The van der Waals surface area contributed by atoms with Gasteiger partial charge in [-0.05, 0) is 43.5 Å². The number of pyridine rings is 1. The Morgan fingerprint density at radius 1 is 1.24 bits per heavy atom. The van der Waals surface area contributed by atoms with Gasteiger partial charge >= 0.3 is 0 Å². The molecule has 4 heteroatoms. The van der Waals surface area contributed by atoms with Gasteiger partial charge in [0.25, 0.3) is 5.91 Å². The summed E-state index contributed by atoms with van der Waals surface area (Å²) < 4.78 is 0. The van der Waals surface area contributed by atoms with Gasteiger partial charge in [0.15, 0.2) is 0 Å². The number of aromatic nitrogens is 1. The minimum Gasteiger partial charge on any atom is -0.384 e. The summed E-state index contributed by atoms with van der Waals surface area (Å²) in [6, 6.07) is 13.4. The molecular weight excluding hydrogens is 262 g/mol. The highest BCUT2D eigenvalue weighted by molar-refractivity contribution is 5.94. The van der Waals surface area contributed by atoms with Crippen LogP contribution in [0, 0.1) is 6.92 Å². The van der Waals surface area contributed by atoms with Gasteiger partial charge in [-0.25, -0.2) is 4.98 Å². The lowest BCUT2D eigenvalue weighted by Crippen LogP contribution is -2.31. The Morgan fingerprint density at radius 3 is 2.71 bits per heavy atom. The summed E-state index contributed by atoms with van der Waals surface area (Å²) in [5.41, 5.74) is 8.47. The van der Waals surface area contributed by atoms with E-state index in [2.05, 4.69) is 4.98 Å². The molecule has 0 saturated carbocycles. The van der Waals surface area contributed by atoms with Crippen molar-refractivity contribution in [3.05, 3.63) is 59.3 Å². The van der Waals surface area contributed by atoms with Gasteiger partial charge < -0.3 is 10.6 Å². The van der Waals surface area contributed by atoms with Crippen molar-refractivity contribution in [2.75, 3.05) is 12.3 Å². The number of nitrogens with two attached hydrogens (primary N) is 1. The van der Waals surface area contributed by atoms with Crippen molar-refractivity contribution in [2.45, 2.75) is 25.8 Å². The normalized spacial score (nSPS) is 18.0. The zero-order chi connectivity index (χ0) is 14.8. The van der Waals surface area contributed by atoms with Gasteiger partial charge in [-0.2, -0.15) is 0 Å². The standard InChI is InChI=1S/C17H19N3O/c1-12-14(9-10-16(18)19-12)15-8-5-11-20(15)17(21)13-6-3-2-4-7-13/h2-4,6-7,9-10,15H,5,8,11H2,1H3,(H2,18,19)/t15-/m0/s1. The van der Waals surface area contributed by atoms with Crippen molar-refractivity contribution in [1.82, 2.24) is 9.88 Å². The van der Waals surface area contributed by atoms with Crippen molar-refractivity contribution >= 4 is 11.7 Å². The molecule has 0 unspecified atom stereocenters. The van der Waals surface area contributed by atoms with E-state index >= 15 is 0 Å². The number of rotatable bonds is 2. The monoisotopic (exact) mass is 281 g/mol. The third kappa shape index (κ3) is 2.61. The minimum absolute atomic E-state index is 0.0920. The van der Waals surface area contributed by atoms with Crippen molar-refractivity contribution < 1.29 is 4.79 Å². The van der Waals surface area contributed by atoms with Crippen LogP contribution in [0.15, 0.2) is 42.5 Å². The molecule has 2 N–H and O–H groups in total. The van der Waals surface area contributed by atoms with E-state index in [-0.39, 0.29) is 11.9 Å². The van der Waals surface area contributed by atoms with E-state index in [4.69, 9.17) is 5.73 Å². The first kappa shape index (κ1) is 13.6. The number of hydrogen-bond acceptors (Lipinski definition) is 3. The predicted octanol–water partition coefficient (Wildman–Crippen LogP) is 2.95. The van der Waals surface area contributed by atoms with Crippen LogP contribution in [0.5, 0.6) is 0 Å². The average molecular weight is 281 g/mol. The van der Waals surface area contributed by atoms with Crippen molar-refractivity contribution in [2.24, 2.45) is 0 Å². The molecule has 1 saturated heterocycles. The highest BCUT2D eigenvalue weighted by Crippen LogP contribution is 2.34. The van der Waals surface area contributed by atoms with Crippen LogP contribution >= 0.6 is 0 Å². The lowest BCUT2D eigenvalue weighted by molar-refractivity contribution is 0.0735. The lowest BCUT2D eigenvalue weighted by atomic mass is 10.0. The second-order valence-electron chi connectivity index (χ2n) is 5.43. The molecule has 2 heterocycles. The average Bonchev–Trinajstić information content (AvgIpc) is 2.96. The predicted molar refractivity (Wildman–Crippen MR) is 82.8 cm³/mol. The molecule has 108 valence electrons. The number of amides is 1. The van der Waals surface area contributed by atoms with Crippen LogP contribution in [0.2, 0.25) is 0 Å². The third-order valence-corrected chi connectivity index (χ3v) is 4.04. The number of anilines is 1. The summed E-state index contributed by atoms with van der Waals surface area (Å²) >= 11 is 0. The second kappa shape index (κ2) is 5.56. The van der Waals surface area contributed by atoms with E-state index in [1.165, 1.54) is 0 Å². The molecule has 21 heavy (non-hydrogen) atoms. The summed E-state index contributed by atoms with van der Waals surface area (Å²) in [6.07, 6.45) is 2.00. The van der Waals surface area contributed by atoms with E-state index in [9.17, 15) is 4.79 Å². The minimum atomic E-state index is 0.0920. The fraction of sp³-hybridized carbons (Fsp3) is 0.294. The molecule has 1 aliphatic heterocycles. The van der Waals surface area contributed by atoms with E-state index in [0.29, 0.717) is 5.82 Å². The second-order valence-corrected chi connectivity index (χ2v) is 5.43. The number of likely N-dealkylation sites (tertiary alicyclic amines) is 1. The van der Waals surface area contributed by atoms with Gasteiger partial charge in [0.1, 0.15) is 5.82 Å². The summed E-state index contributed by atoms with van der Waals surface area (Å²) in [4.78, 5) is 19.0. The smallest absolute Gasteiger partial charge is 0.254 e.